The molecular weight excluding hydrogens is 607 g/mol. The SMILES string of the molecule is BC(B)(B)C(B)(B)N(c1cc(-c2ccc(CN3CCC(C)CC3)cc2)cc(C(=O)NCc2c(C)cc(C)[nH]c2=O)c1C)C1CCSCC1. The molecule has 12 heteroatoms. The van der Waals surface area contributed by atoms with E-state index in [1.54, 1.807) is 0 Å². The summed E-state index contributed by atoms with van der Waals surface area (Å²) in [5.41, 5.74) is 8.41. The number of anilines is 1. The van der Waals surface area contributed by atoms with Crippen LogP contribution in [0.15, 0.2) is 47.3 Å². The zero-order chi connectivity index (χ0) is 34.8. The van der Waals surface area contributed by atoms with Gasteiger partial charge in [0.05, 0.1) is 23.5 Å². The van der Waals surface area contributed by atoms with Gasteiger partial charge in [0.25, 0.3) is 11.5 Å². The number of rotatable bonds is 10. The second-order valence-corrected chi connectivity index (χ2v) is 17.2. The number of carbonyl (C=O) groups excluding carboxylic acids is 1. The first-order valence-electron chi connectivity index (χ1n) is 18.0. The molecule has 0 bridgehead atoms. The van der Waals surface area contributed by atoms with Crippen LogP contribution in [0.5, 0.6) is 0 Å². The van der Waals surface area contributed by atoms with Crippen molar-refractivity contribution in [2.45, 2.75) is 83.0 Å². The van der Waals surface area contributed by atoms with E-state index in [9.17, 15) is 9.59 Å². The smallest absolute Gasteiger partial charge is 0.253 e. The highest BCUT2D eigenvalue weighted by molar-refractivity contribution is 7.99. The number of likely N-dealkylation sites (tertiary alicyclic amines) is 1. The summed E-state index contributed by atoms with van der Waals surface area (Å²) in [6, 6.07) is 15.7. The number of hydrogen-bond donors (Lipinski definition) is 2. The van der Waals surface area contributed by atoms with Gasteiger partial charge >= 0.3 is 0 Å². The fourth-order valence-corrected chi connectivity index (χ4v) is 8.34. The number of aromatic nitrogens is 1. The van der Waals surface area contributed by atoms with E-state index in [4.69, 9.17) is 0 Å². The van der Waals surface area contributed by atoms with Crippen molar-refractivity contribution in [1.82, 2.24) is 15.2 Å². The van der Waals surface area contributed by atoms with E-state index in [-0.39, 0.29) is 28.5 Å². The number of nitrogens with one attached hydrogen (secondary N) is 2. The number of hydrogen-bond acceptors (Lipinski definition) is 5. The molecule has 2 fully saturated rings. The summed E-state index contributed by atoms with van der Waals surface area (Å²) in [6.45, 7) is 11.7. The van der Waals surface area contributed by atoms with Crippen molar-refractivity contribution < 1.29 is 4.79 Å². The van der Waals surface area contributed by atoms with Crippen LogP contribution in [0.2, 0.25) is 5.11 Å². The van der Waals surface area contributed by atoms with Crippen LogP contribution in [0.25, 0.3) is 11.1 Å². The molecule has 0 atom stereocenters. The molecule has 2 N–H and O–H groups in total. The second kappa shape index (κ2) is 15.0. The lowest BCUT2D eigenvalue weighted by Gasteiger charge is -2.55. The lowest BCUT2D eigenvalue weighted by atomic mass is 9.26. The van der Waals surface area contributed by atoms with Crippen molar-refractivity contribution in [3.05, 3.63) is 86.3 Å². The number of benzene rings is 2. The van der Waals surface area contributed by atoms with Gasteiger partial charge in [0.15, 0.2) is 0 Å². The fourth-order valence-electron chi connectivity index (χ4n) is 7.26. The molecule has 250 valence electrons. The quantitative estimate of drug-likeness (QED) is 0.325. The summed E-state index contributed by atoms with van der Waals surface area (Å²) in [5.74, 6) is 2.96. The van der Waals surface area contributed by atoms with Gasteiger partial charge in [-0.25, -0.2) is 0 Å². The molecule has 0 aliphatic carbocycles. The maximum absolute atomic E-state index is 14.2. The summed E-state index contributed by atoms with van der Waals surface area (Å²) in [4.78, 5) is 35.1. The highest BCUT2D eigenvalue weighted by atomic mass is 32.2. The normalized spacial score (nSPS) is 16.9. The predicted octanol–water partition coefficient (Wildman–Crippen LogP) is 1.72. The van der Waals surface area contributed by atoms with Gasteiger partial charge in [0.1, 0.15) is 15.7 Å². The number of thioether (sulfide) groups is 1. The zero-order valence-electron chi connectivity index (χ0n) is 30.9. The van der Waals surface area contributed by atoms with Gasteiger partial charge in [-0.05, 0) is 128 Å². The Morgan fingerprint density at radius 1 is 0.958 bits per heavy atom. The maximum Gasteiger partial charge on any atom is 0.253 e. The number of aromatic amines is 1. The molecule has 1 amide bonds. The van der Waals surface area contributed by atoms with Crippen LogP contribution in [0, 0.1) is 26.7 Å². The molecule has 0 saturated carbocycles. The van der Waals surface area contributed by atoms with E-state index < -0.39 is 0 Å². The molecule has 0 unspecified atom stereocenters. The minimum absolute atomic E-state index is 0.0135. The van der Waals surface area contributed by atoms with Crippen molar-refractivity contribution >= 4 is 62.6 Å². The van der Waals surface area contributed by atoms with Crippen LogP contribution in [-0.2, 0) is 13.1 Å². The lowest BCUT2D eigenvalue weighted by Crippen LogP contribution is -2.63. The highest BCUT2D eigenvalue weighted by Crippen LogP contribution is 2.42. The Morgan fingerprint density at radius 2 is 1.60 bits per heavy atom. The number of pyridine rings is 1. The van der Waals surface area contributed by atoms with Crippen molar-refractivity contribution in [2.24, 2.45) is 5.92 Å². The third-order valence-electron chi connectivity index (χ3n) is 11.4. The van der Waals surface area contributed by atoms with E-state index in [0.717, 1.165) is 83.5 Å². The summed E-state index contributed by atoms with van der Waals surface area (Å²) < 4.78 is 0. The number of nitrogens with zero attached hydrogens (tertiary/aromatic N) is 2. The number of amides is 1. The summed E-state index contributed by atoms with van der Waals surface area (Å²) >= 11 is 2.04. The van der Waals surface area contributed by atoms with Crippen LogP contribution in [0.1, 0.15) is 70.9 Å². The highest BCUT2D eigenvalue weighted by Gasteiger charge is 2.42. The third kappa shape index (κ3) is 8.18. The Kier molecular flexibility index (Phi) is 11.5. The Labute approximate surface area is 297 Å². The molecule has 3 heterocycles. The first-order chi connectivity index (χ1) is 22.7. The predicted molar refractivity (Wildman–Crippen MR) is 219 cm³/mol. The van der Waals surface area contributed by atoms with Gasteiger partial charge in [0, 0.05) is 41.6 Å². The first kappa shape index (κ1) is 36.6. The Balaban J connectivity index is 1.56. The number of aryl methyl sites for hydroxylation is 2. The van der Waals surface area contributed by atoms with E-state index in [0.29, 0.717) is 17.2 Å². The van der Waals surface area contributed by atoms with Gasteiger partial charge in [-0.2, -0.15) is 11.8 Å². The van der Waals surface area contributed by atoms with E-state index in [2.05, 4.69) is 110 Å². The maximum atomic E-state index is 14.2. The van der Waals surface area contributed by atoms with Crippen molar-refractivity contribution in [3.63, 3.8) is 0 Å². The molecule has 0 spiro atoms. The molecule has 0 radical (unpaired) electrons. The molecule has 2 aliphatic heterocycles. The van der Waals surface area contributed by atoms with Gasteiger partial charge in [-0.3, -0.25) is 14.5 Å². The zero-order valence-corrected chi connectivity index (χ0v) is 31.7. The molecule has 2 aliphatic rings. The number of piperidine rings is 1. The Hall–Kier alpha value is -2.71. The summed E-state index contributed by atoms with van der Waals surface area (Å²) in [5, 5.41) is 2.93. The molecular formula is C36H53B5N4O2S. The number of carbonyl (C=O) groups is 1. The summed E-state index contributed by atoms with van der Waals surface area (Å²) in [6.07, 6.45) is 4.78. The number of H-pyrrole nitrogens is 1. The second-order valence-electron chi connectivity index (χ2n) is 16.0. The van der Waals surface area contributed by atoms with Crippen LogP contribution < -0.4 is 15.8 Å². The van der Waals surface area contributed by atoms with Gasteiger partial charge in [0.2, 0.25) is 0 Å². The molecule has 5 rings (SSSR count). The van der Waals surface area contributed by atoms with Gasteiger partial charge in [-0.1, -0.05) is 31.2 Å². The van der Waals surface area contributed by atoms with Crippen molar-refractivity contribution in [2.75, 3.05) is 29.5 Å². The lowest BCUT2D eigenvalue weighted by molar-refractivity contribution is 0.0950. The van der Waals surface area contributed by atoms with Crippen molar-refractivity contribution in [1.29, 1.82) is 0 Å². The fraction of sp³-hybridized carbons (Fsp3) is 0.500. The third-order valence-corrected chi connectivity index (χ3v) is 12.4. The average Bonchev–Trinajstić information content (AvgIpc) is 3.03. The molecule has 1 aromatic heterocycles. The van der Waals surface area contributed by atoms with Gasteiger partial charge in [-0.15, -0.1) is 5.11 Å². The van der Waals surface area contributed by atoms with E-state index in [1.807, 2.05) is 31.7 Å². The molecule has 6 nitrogen and oxygen atoms in total. The molecule has 48 heavy (non-hydrogen) atoms. The monoisotopic (exact) mass is 660 g/mol. The van der Waals surface area contributed by atoms with Gasteiger partial charge < -0.3 is 15.2 Å². The van der Waals surface area contributed by atoms with E-state index in [1.165, 1.54) is 18.4 Å². The topological polar surface area (TPSA) is 68.4 Å². The standard InChI is InChI=1S/C36H53B5N4O2S/c1-22-9-13-44(14-10-22)21-26-5-7-27(8-6-26)28-18-30(33(46)42-20-31-23(2)17-24(3)43-34(31)47)25(4)32(19-28)45(29-11-15-48-16-12-29)36(40,41)35(37,38)39/h5-8,17-19,22,29H,9-16,20-21,37-41H2,1-4H3,(H,42,46)(H,43,47). The van der Waals surface area contributed by atoms with E-state index >= 15 is 0 Å². The van der Waals surface area contributed by atoms with Crippen LogP contribution >= 0.6 is 11.8 Å². The molecule has 2 saturated heterocycles. The van der Waals surface area contributed by atoms with Crippen molar-refractivity contribution in [3.8, 4) is 11.1 Å². The minimum atomic E-state index is -0.182. The Morgan fingerprint density at radius 3 is 2.21 bits per heavy atom. The average molecular weight is 660 g/mol. The minimum Gasteiger partial charge on any atom is -0.380 e. The Bertz CT molecular complexity index is 1660. The van der Waals surface area contributed by atoms with Crippen LogP contribution in [0.4, 0.5) is 5.69 Å². The molecule has 2 aromatic carbocycles. The van der Waals surface area contributed by atoms with Crippen LogP contribution in [-0.4, -0.2) is 91.0 Å². The molecule has 3 aromatic rings. The largest absolute Gasteiger partial charge is 0.380 e. The first-order valence-corrected chi connectivity index (χ1v) is 19.1. The summed E-state index contributed by atoms with van der Waals surface area (Å²) in [7, 11) is 11.7. The van der Waals surface area contributed by atoms with Crippen LogP contribution in [0.3, 0.4) is 0 Å².